The molecule has 2 aromatic rings. The number of hydrogen-bond acceptors (Lipinski definition) is 2. The van der Waals surface area contributed by atoms with E-state index in [1.54, 1.807) is 0 Å². The van der Waals surface area contributed by atoms with Gasteiger partial charge in [0.05, 0.1) is 11.1 Å². The lowest BCUT2D eigenvalue weighted by Gasteiger charge is -2.10. The molecule has 0 saturated heterocycles. The summed E-state index contributed by atoms with van der Waals surface area (Å²) in [6.07, 6.45) is -0.786. The van der Waals surface area contributed by atoms with E-state index in [0.29, 0.717) is 5.56 Å². The zero-order valence-electron chi connectivity index (χ0n) is 10.0. The molecule has 5 heteroatoms. The Balaban J connectivity index is 2.31. The van der Waals surface area contributed by atoms with Crippen molar-refractivity contribution in [3.05, 3.63) is 58.6 Å². The predicted molar refractivity (Wildman–Crippen MR) is 68.5 cm³/mol. The molecule has 0 aliphatic rings. The van der Waals surface area contributed by atoms with Crippen molar-refractivity contribution in [1.82, 2.24) is 0 Å². The van der Waals surface area contributed by atoms with Gasteiger partial charge in [-0.05, 0) is 36.8 Å². The molecule has 1 N–H and O–H groups in total. The molecule has 0 radical (unpaired) electrons. The van der Waals surface area contributed by atoms with E-state index in [0.717, 1.165) is 6.07 Å². The first-order valence-electron chi connectivity index (χ1n) is 5.58. The monoisotopic (exact) mass is 284 g/mol. The smallest absolute Gasteiger partial charge is 0.184 e. The van der Waals surface area contributed by atoms with Crippen LogP contribution in [0.5, 0.6) is 11.5 Å². The van der Waals surface area contributed by atoms with Crippen LogP contribution in [-0.2, 0) is 0 Å². The molecule has 0 spiro atoms. The van der Waals surface area contributed by atoms with Gasteiger partial charge in [0.2, 0.25) is 0 Å². The van der Waals surface area contributed by atoms with Gasteiger partial charge in [0.25, 0.3) is 0 Å². The summed E-state index contributed by atoms with van der Waals surface area (Å²) >= 11 is 5.60. The van der Waals surface area contributed by atoms with Crippen LogP contribution in [0.4, 0.5) is 8.78 Å². The second-order valence-corrected chi connectivity index (χ2v) is 4.43. The van der Waals surface area contributed by atoms with Gasteiger partial charge in [0, 0.05) is 0 Å². The van der Waals surface area contributed by atoms with Crippen LogP contribution in [0.2, 0.25) is 5.02 Å². The van der Waals surface area contributed by atoms with E-state index in [2.05, 4.69) is 0 Å². The van der Waals surface area contributed by atoms with E-state index in [9.17, 15) is 13.9 Å². The van der Waals surface area contributed by atoms with Gasteiger partial charge >= 0.3 is 0 Å². The van der Waals surface area contributed by atoms with Crippen LogP contribution in [-0.4, -0.2) is 5.11 Å². The minimum atomic E-state index is -0.786. The van der Waals surface area contributed by atoms with Gasteiger partial charge in [-0.15, -0.1) is 0 Å². The molecule has 2 aromatic carbocycles. The highest BCUT2D eigenvalue weighted by Gasteiger charge is 2.12. The van der Waals surface area contributed by atoms with Crippen LogP contribution in [0.25, 0.3) is 0 Å². The van der Waals surface area contributed by atoms with Gasteiger partial charge < -0.3 is 9.84 Å². The van der Waals surface area contributed by atoms with Crippen LogP contribution in [0, 0.1) is 11.6 Å². The van der Waals surface area contributed by atoms with E-state index < -0.39 is 17.7 Å². The van der Waals surface area contributed by atoms with Crippen molar-refractivity contribution in [2.75, 3.05) is 0 Å². The fraction of sp³-hybridized carbons (Fsp3) is 0.143. The lowest BCUT2D eigenvalue weighted by atomic mass is 10.1. The zero-order valence-corrected chi connectivity index (χ0v) is 10.8. The predicted octanol–water partition coefficient (Wildman–Crippen LogP) is 4.46. The quantitative estimate of drug-likeness (QED) is 0.901. The third-order valence-corrected chi connectivity index (χ3v) is 2.87. The van der Waals surface area contributed by atoms with E-state index in [-0.39, 0.29) is 16.5 Å². The number of ether oxygens (including phenoxy) is 1. The average molecular weight is 285 g/mol. The first kappa shape index (κ1) is 13.8. The Morgan fingerprint density at radius 2 is 1.89 bits per heavy atom. The lowest BCUT2D eigenvalue weighted by molar-refractivity contribution is 0.198. The third-order valence-electron chi connectivity index (χ3n) is 2.57. The molecule has 0 saturated carbocycles. The summed E-state index contributed by atoms with van der Waals surface area (Å²) < 4.78 is 32.5. The average Bonchev–Trinajstić information content (AvgIpc) is 2.37. The van der Waals surface area contributed by atoms with Crippen molar-refractivity contribution < 1.29 is 18.6 Å². The van der Waals surface area contributed by atoms with Gasteiger partial charge in [-0.1, -0.05) is 23.7 Å². The maximum absolute atomic E-state index is 13.7. The number of aliphatic hydroxyl groups is 1. The Morgan fingerprint density at radius 3 is 2.53 bits per heavy atom. The van der Waals surface area contributed by atoms with Gasteiger partial charge in [0.15, 0.2) is 23.1 Å². The summed E-state index contributed by atoms with van der Waals surface area (Å²) in [4.78, 5) is 0. The highest BCUT2D eigenvalue weighted by atomic mass is 35.5. The Morgan fingerprint density at radius 1 is 1.16 bits per heavy atom. The van der Waals surface area contributed by atoms with Crippen molar-refractivity contribution in [2.24, 2.45) is 0 Å². The van der Waals surface area contributed by atoms with Crippen molar-refractivity contribution in [3.63, 3.8) is 0 Å². The summed E-state index contributed by atoms with van der Waals surface area (Å²) in [6, 6.07) is 8.20. The van der Waals surface area contributed by atoms with E-state index in [1.165, 1.54) is 37.3 Å². The highest BCUT2D eigenvalue weighted by Crippen LogP contribution is 2.31. The maximum atomic E-state index is 13.7. The van der Waals surface area contributed by atoms with Gasteiger partial charge in [0.1, 0.15) is 0 Å². The summed E-state index contributed by atoms with van der Waals surface area (Å²) in [5, 5.41) is 9.23. The fourth-order valence-electron chi connectivity index (χ4n) is 1.54. The van der Waals surface area contributed by atoms with Crippen LogP contribution in [0.15, 0.2) is 36.4 Å². The molecule has 0 fully saturated rings. The lowest BCUT2D eigenvalue weighted by Crippen LogP contribution is -1.95. The molecular formula is C14H11ClF2O2. The van der Waals surface area contributed by atoms with E-state index in [4.69, 9.17) is 16.3 Å². The molecule has 0 aromatic heterocycles. The van der Waals surface area contributed by atoms with Crippen LogP contribution < -0.4 is 4.74 Å². The topological polar surface area (TPSA) is 29.5 Å². The number of hydrogen-bond donors (Lipinski definition) is 1. The SMILES string of the molecule is CC(O)c1ccc(Oc2cccc(Cl)c2F)c(F)c1. The molecule has 19 heavy (non-hydrogen) atoms. The summed E-state index contributed by atoms with van der Waals surface area (Å²) in [5.74, 6) is -1.72. The minimum Gasteiger partial charge on any atom is -0.451 e. The van der Waals surface area contributed by atoms with Crippen molar-refractivity contribution in [3.8, 4) is 11.5 Å². The van der Waals surface area contributed by atoms with Crippen molar-refractivity contribution >= 4 is 11.6 Å². The summed E-state index contributed by atoms with van der Waals surface area (Å²) in [6.45, 7) is 1.52. The molecule has 0 amide bonds. The van der Waals surface area contributed by atoms with Gasteiger partial charge in [-0.2, -0.15) is 0 Å². The Labute approximate surface area is 114 Å². The van der Waals surface area contributed by atoms with Crippen LogP contribution in [0.1, 0.15) is 18.6 Å². The van der Waals surface area contributed by atoms with Gasteiger partial charge in [-0.3, -0.25) is 0 Å². The molecule has 0 heterocycles. The number of rotatable bonds is 3. The second-order valence-electron chi connectivity index (χ2n) is 4.02. The number of halogens is 3. The Kier molecular flexibility index (Phi) is 4.02. The highest BCUT2D eigenvalue weighted by molar-refractivity contribution is 6.30. The largest absolute Gasteiger partial charge is 0.451 e. The molecule has 0 bridgehead atoms. The first-order valence-corrected chi connectivity index (χ1v) is 5.96. The molecule has 0 aliphatic heterocycles. The van der Waals surface area contributed by atoms with Crippen LogP contribution in [0.3, 0.4) is 0 Å². The third kappa shape index (κ3) is 3.03. The zero-order chi connectivity index (χ0) is 14.0. The first-order chi connectivity index (χ1) is 8.99. The Bertz CT molecular complexity index is 600. The molecule has 100 valence electrons. The Hall–Kier alpha value is -1.65. The number of aliphatic hydroxyl groups excluding tert-OH is 1. The van der Waals surface area contributed by atoms with Gasteiger partial charge in [-0.25, -0.2) is 8.78 Å². The van der Waals surface area contributed by atoms with E-state index in [1.807, 2.05) is 0 Å². The minimum absolute atomic E-state index is 0.0986. The summed E-state index contributed by atoms with van der Waals surface area (Å²) in [7, 11) is 0. The second kappa shape index (κ2) is 5.55. The molecule has 0 aliphatic carbocycles. The van der Waals surface area contributed by atoms with Crippen LogP contribution >= 0.6 is 11.6 Å². The fourth-order valence-corrected chi connectivity index (χ4v) is 1.71. The molecule has 1 atom stereocenters. The molecule has 2 nitrogen and oxygen atoms in total. The normalized spacial score (nSPS) is 12.3. The molecular weight excluding hydrogens is 274 g/mol. The number of benzene rings is 2. The maximum Gasteiger partial charge on any atom is 0.184 e. The molecule has 2 rings (SSSR count). The van der Waals surface area contributed by atoms with Crippen molar-refractivity contribution in [1.29, 1.82) is 0 Å². The molecule has 1 unspecified atom stereocenters. The van der Waals surface area contributed by atoms with E-state index >= 15 is 0 Å². The summed E-state index contributed by atoms with van der Waals surface area (Å²) in [5.41, 5.74) is 0.413. The standard InChI is InChI=1S/C14H11ClF2O2/c1-8(18)9-5-6-12(11(16)7-9)19-13-4-2-3-10(15)14(13)17/h2-8,18H,1H3. The van der Waals surface area contributed by atoms with Crippen molar-refractivity contribution in [2.45, 2.75) is 13.0 Å².